The van der Waals surface area contributed by atoms with Crippen LogP contribution in [0.25, 0.3) is 11.3 Å². The predicted octanol–water partition coefficient (Wildman–Crippen LogP) is 4.44. The van der Waals surface area contributed by atoms with Gasteiger partial charge >= 0.3 is 5.97 Å². The number of amides is 1. The molecule has 0 spiro atoms. The second kappa shape index (κ2) is 13.3. The third kappa shape index (κ3) is 7.61. The molecule has 196 valence electrons. The minimum atomic E-state index is -1.00. The highest BCUT2D eigenvalue weighted by molar-refractivity contribution is 5.92. The van der Waals surface area contributed by atoms with Crippen LogP contribution in [-0.2, 0) is 13.1 Å². The van der Waals surface area contributed by atoms with Gasteiger partial charge in [0.25, 0.3) is 5.91 Å². The van der Waals surface area contributed by atoms with Crippen LogP contribution >= 0.6 is 0 Å². The Labute approximate surface area is 225 Å². The second-order valence-corrected chi connectivity index (χ2v) is 8.35. The van der Waals surface area contributed by atoms with Crippen LogP contribution in [0.2, 0.25) is 0 Å². The highest BCUT2D eigenvalue weighted by Crippen LogP contribution is 2.06. The van der Waals surface area contributed by atoms with E-state index in [1.807, 2.05) is 102 Å². The highest BCUT2D eigenvalue weighted by Gasteiger charge is 2.10. The monoisotopic (exact) mass is 520 g/mol. The molecule has 0 fully saturated rings. The van der Waals surface area contributed by atoms with Gasteiger partial charge in [-0.05, 0) is 35.4 Å². The molecule has 0 aliphatic rings. The van der Waals surface area contributed by atoms with Gasteiger partial charge in [-0.25, -0.2) is 14.8 Å². The lowest BCUT2D eigenvalue weighted by molar-refractivity contribution is 0.0691. The molecular weight excluding hydrogens is 492 g/mol. The molecular formula is C30H28N6O3. The van der Waals surface area contributed by atoms with Crippen molar-refractivity contribution in [3.8, 4) is 0 Å². The van der Waals surface area contributed by atoms with Crippen LogP contribution in [0.4, 0.5) is 0 Å². The standard InChI is InChI=1S/C15H13N3O.C8H6N2O2.C7H9N/c19-15(16-10-12-6-2-1-3-7-12)13-11-18-9-5-4-8-14(18)17-13;11-8(12)6-5-10-4-2-1-3-7(10)9-6;8-6-7-4-2-1-3-5-7/h1-9,11H,10H2,(H,16,19);1-5H,(H,11,12);1-5H,6,8H2. The third-order valence-corrected chi connectivity index (χ3v) is 5.55. The van der Waals surface area contributed by atoms with Gasteiger partial charge in [-0.2, -0.15) is 0 Å². The van der Waals surface area contributed by atoms with Gasteiger partial charge < -0.3 is 25.0 Å². The van der Waals surface area contributed by atoms with Crippen molar-refractivity contribution in [2.45, 2.75) is 13.1 Å². The molecule has 1 amide bonds. The molecule has 4 aromatic heterocycles. The van der Waals surface area contributed by atoms with E-state index in [2.05, 4.69) is 15.3 Å². The van der Waals surface area contributed by atoms with Gasteiger partial charge in [-0.1, -0.05) is 72.8 Å². The summed E-state index contributed by atoms with van der Waals surface area (Å²) in [4.78, 5) is 30.6. The molecule has 0 unspecified atom stereocenters. The minimum Gasteiger partial charge on any atom is -0.476 e. The number of carboxylic acids is 1. The van der Waals surface area contributed by atoms with Crippen LogP contribution in [0.15, 0.2) is 122 Å². The number of aromatic carboxylic acids is 1. The lowest BCUT2D eigenvalue weighted by Gasteiger charge is -2.02. The summed E-state index contributed by atoms with van der Waals surface area (Å²) in [6.07, 6.45) is 6.85. The van der Waals surface area contributed by atoms with E-state index in [1.54, 1.807) is 22.9 Å². The molecule has 0 saturated heterocycles. The first kappa shape index (κ1) is 26.8. The number of pyridine rings is 2. The normalized spacial score (nSPS) is 10.2. The van der Waals surface area contributed by atoms with Crippen molar-refractivity contribution in [1.29, 1.82) is 0 Å². The molecule has 4 heterocycles. The first-order chi connectivity index (χ1) is 19.0. The van der Waals surface area contributed by atoms with E-state index in [-0.39, 0.29) is 11.6 Å². The maximum absolute atomic E-state index is 12.0. The van der Waals surface area contributed by atoms with Crippen molar-refractivity contribution < 1.29 is 14.7 Å². The summed E-state index contributed by atoms with van der Waals surface area (Å²) in [7, 11) is 0. The van der Waals surface area contributed by atoms with Crippen molar-refractivity contribution >= 4 is 23.2 Å². The number of carboxylic acid groups (broad SMARTS) is 1. The number of nitrogens with two attached hydrogens (primary N) is 1. The average Bonchev–Trinajstić information content (AvgIpc) is 3.63. The Kier molecular flexibility index (Phi) is 9.14. The van der Waals surface area contributed by atoms with E-state index in [4.69, 9.17) is 10.8 Å². The number of benzene rings is 2. The summed E-state index contributed by atoms with van der Waals surface area (Å²) in [5, 5.41) is 11.5. The van der Waals surface area contributed by atoms with Crippen molar-refractivity contribution in [2.24, 2.45) is 5.73 Å². The molecule has 0 bridgehead atoms. The van der Waals surface area contributed by atoms with Gasteiger partial charge in [0, 0.05) is 37.9 Å². The summed E-state index contributed by atoms with van der Waals surface area (Å²) in [6, 6.07) is 30.9. The van der Waals surface area contributed by atoms with Crippen molar-refractivity contribution in [2.75, 3.05) is 0 Å². The van der Waals surface area contributed by atoms with Crippen molar-refractivity contribution in [1.82, 2.24) is 24.1 Å². The molecule has 9 heteroatoms. The molecule has 0 saturated carbocycles. The summed E-state index contributed by atoms with van der Waals surface area (Å²) < 4.78 is 3.50. The van der Waals surface area contributed by atoms with E-state index >= 15 is 0 Å². The van der Waals surface area contributed by atoms with Gasteiger partial charge in [-0.15, -0.1) is 0 Å². The van der Waals surface area contributed by atoms with Crippen LogP contribution in [0.5, 0.6) is 0 Å². The van der Waals surface area contributed by atoms with Crippen molar-refractivity contribution in [3.63, 3.8) is 0 Å². The molecule has 0 aliphatic carbocycles. The zero-order valence-corrected chi connectivity index (χ0v) is 21.1. The smallest absolute Gasteiger partial charge is 0.356 e. The molecule has 6 aromatic rings. The van der Waals surface area contributed by atoms with Crippen LogP contribution < -0.4 is 11.1 Å². The zero-order chi connectivity index (χ0) is 27.5. The Morgan fingerprint density at radius 2 is 1.18 bits per heavy atom. The van der Waals surface area contributed by atoms with Gasteiger partial charge in [0.2, 0.25) is 0 Å². The number of nitrogens with one attached hydrogen (secondary N) is 1. The number of aromatic nitrogens is 4. The van der Waals surface area contributed by atoms with Crippen LogP contribution in [0.3, 0.4) is 0 Å². The summed E-state index contributed by atoms with van der Waals surface area (Å²) >= 11 is 0. The highest BCUT2D eigenvalue weighted by atomic mass is 16.4. The number of hydrogen-bond donors (Lipinski definition) is 3. The molecule has 0 atom stereocenters. The topological polar surface area (TPSA) is 127 Å². The Bertz CT molecular complexity index is 1580. The summed E-state index contributed by atoms with van der Waals surface area (Å²) in [5.41, 5.74) is 9.53. The first-order valence-electron chi connectivity index (χ1n) is 12.2. The minimum absolute atomic E-state index is 0.0706. The molecule has 4 N–H and O–H groups in total. The van der Waals surface area contributed by atoms with E-state index < -0.39 is 5.97 Å². The Morgan fingerprint density at radius 3 is 1.67 bits per heavy atom. The SMILES string of the molecule is NCc1ccccc1.O=C(NCc1ccccc1)c1cn2ccccc2n1.O=C(O)c1cn2ccccc2n1. The maximum Gasteiger partial charge on any atom is 0.356 e. The molecule has 6 rings (SSSR count). The van der Waals surface area contributed by atoms with Crippen LogP contribution in [0, 0.1) is 0 Å². The van der Waals surface area contributed by atoms with Crippen LogP contribution in [-0.4, -0.2) is 35.8 Å². The van der Waals surface area contributed by atoms with Crippen LogP contribution in [0.1, 0.15) is 32.1 Å². The van der Waals surface area contributed by atoms with E-state index in [1.165, 1.54) is 11.8 Å². The Morgan fingerprint density at radius 1 is 0.692 bits per heavy atom. The maximum atomic E-state index is 12.0. The van der Waals surface area contributed by atoms with Gasteiger partial charge in [0.1, 0.15) is 17.0 Å². The fraction of sp³-hybridized carbons (Fsp3) is 0.0667. The largest absolute Gasteiger partial charge is 0.476 e. The Hall–Kier alpha value is -5.28. The van der Waals surface area contributed by atoms with Gasteiger partial charge in [0.15, 0.2) is 5.69 Å². The first-order valence-corrected chi connectivity index (χ1v) is 12.2. The number of carbonyl (C=O) groups is 2. The van der Waals surface area contributed by atoms with E-state index in [0.29, 0.717) is 24.4 Å². The summed E-state index contributed by atoms with van der Waals surface area (Å²) in [6.45, 7) is 1.15. The molecule has 39 heavy (non-hydrogen) atoms. The van der Waals surface area contributed by atoms with Gasteiger partial charge in [0.05, 0.1) is 0 Å². The zero-order valence-electron chi connectivity index (χ0n) is 21.1. The summed E-state index contributed by atoms with van der Waals surface area (Å²) in [5.74, 6) is -1.16. The number of imidazole rings is 2. The molecule has 2 aromatic carbocycles. The number of hydrogen-bond acceptors (Lipinski definition) is 5. The lowest BCUT2D eigenvalue weighted by Crippen LogP contribution is -2.23. The molecule has 9 nitrogen and oxygen atoms in total. The Balaban J connectivity index is 0.000000150. The third-order valence-electron chi connectivity index (χ3n) is 5.55. The van der Waals surface area contributed by atoms with Crippen molar-refractivity contribution in [3.05, 3.63) is 144 Å². The molecule has 0 aliphatic heterocycles. The number of carbonyl (C=O) groups excluding carboxylic acids is 1. The van der Waals surface area contributed by atoms with E-state index in [0.717, 1.165) is 11.2 Å². The predicted molar refractivity (Wildman–Crippen MR) is 149 cm³/mol. The lowest BCUT2D eigenvalue weighted by atomic mass is 10.2. The number of rotatable bonds is 5. The number of fused-ring (bicyclic) bond motifs is 2. The average molecular weight is 521 g/mol. The fourth-order valence-electron chi connectivity index (χ4n) is 3.56. The second-order valence-electron chi connectivity index (χ2n) is 8.35. The fourth-order valence-corrected chi connectivity index (χ4v) is 3.56. The number of nitrogens with zero attached hydrogens (tertiary/aromatic N) is 4. The molecule has 0 radical (unpaired) electrons. The van der Waals surface area contributed by atoms with Gasteiger partial charge in [-0.3, -0.25) is 4.79 Å². The quantitative estimate of drug-likeness (QED) is 0.308. The van der Waals surface area contributed by atoms with E-state index in [9.17, 15) is 9.59 Å².